The second-order valence-electron chi connectivity index (χ2n) is 8.12. The van der Waals surface area contributed by atoms with Gasteiger partial charge in [0, 0.05) is 36.7 Å². The Hall–Kier alpha value is -2.99. The minimum absolute atomic E-state index is 0.00846. The van der Waals surface area contributed by atoms with E-state index in [4.69, 9.17) is 0 Å². The summed E-state index contributed by atoms with van der Waals surface area (Å²) in [4.78, 5) is 34.2. The summed E-state index contributed by atoms with van der Waals surface area (Å²) in [7, 11) is 0. The molecule has 164 valence electrons. The van der Waals surface area contributed by atoms with Gasteiger partial charge in [0.25, 0.3) is 0 Å². The lowest BCUT2D eigenvalue weighted by molar-refractivity contribution is -0.137. The minimum Gasteiger partial charge on any atom is -0.342 e. The van der Waals surface area contributed by atoms with Crippen molar-refractivity contribution in [2.24, 2.45) is 5.92 Å². The number of amides is 2. The highest BCUT2D eigenvalue weighted by molar-refractivity contribution is 9.10. The van der Waals surface area contributed by atoms with E-state index < -0.39 is 0 Å². The van der Waals surface area contributed by atoms with Crippen LogP contribution in [-0.2, 0) is 29.1 Å². The van der Waals surface area contributed by atoms with E-state index in [-0.39, 0.29) is 24.2 Å². The number of carbonyl (C=O) groups is 2. The Labute approximate surface area is 197 Å². The van der Waals surface area contributed by atoms with Crippen molar-refractivity contribution in [2.45, 2.75) is 25.9 Å². The number of hydrogen-bond donors (Lipinski definition) is 0. The second kappa shape index (κ2) is 10.6. The maximum atomic E-state index is 13.5. The van der Waals surface area contributed by atoms with Crippen LogP contribution in [-0.4, -0.2) is 39.7 Å². The van der Waals surface area contributed by atoms with E-state index in [0.29, 0.717) is 26.2 Å². The molecule has 1 saturated heterocycles. The van der Waals surface area contributed by atoms with Crippen LogP contribution in [0.1, 0.15) is 23.2 Å². The zero-order valence-electron chi connectivity index (χ0n) is 17.9. The molecule has 1 aliphatic rings. The predicted octanol–water partition coefficient (Wildman–Crippen LogP) is 4.46. The average Bonchev–Trinajstić information content (AvgIpc) is 3.20. The summed E-state index contributed by atoms with van der Waals surface area (Å²) >= 11 is 3.46. The predicted molar refractivity (Wildman–Crippen MR) is 127 cm³/mol. The Morgan fingerprint density at radius 3 is 2.44 bits per heavy atom. The van der Waals surface area contributed by atoms with Gasteiger partial charge >= 0.3 is 0 Å². The van der Waals surface area contributed by atoms with Crippen molar-refractivity contribution < 1.29 is 9.59 Å². The standard InChI is InChI=1S/C26H26BrN3O2/c27-23-11-9-21(10-12-23)17-30(19-24-8-4-5-14-28-24)26(32)22-16-25(31)29(18-22)15-13-20-6-2-1-3-7-20/h1-12,14,22H,13,15-19H2/t22-/m1/s1. The van der Waals surface area contributed by atoms with Crippen LogP contribution in [0.15, 0.2) is 83.5 Å². The first-order valence-corrected chi connectivity index (χ1v) is 11.6. The number of halogens is 1. The van der Waals surface area contributed by atoms with E-state index in [9.17, 15) is 9.59 Å². The molecule has 2 amide bonds. The monoisotopic (exact) mass is 491 g/mol. The van der Waals surface area contributed by atoms with Gasteiger partial charge in [0.15, 0.2) is 0 Å². The van der Waals surface area contributed by atoms with Gasteiger partial charge in [-0.1, -0.05) is 64.5 Å². The fourth-order valence-corrected chi connectivity index (χ4v) is 4.29. The lowest BCUT2D eigenvalue weighted by atomic mass is 10.1. The maximum Gasteiger partial charge on any atom is 0.228 e. The first-order valence-electron chi connectivity index (χ1n) is 10.8. The summed E-state index contributed by atoms with van der Waals surface area (Å²) in [6.45, 7) is 2.02. The SMILES string of the molecule is O=C1C[C@@H](C(=O)N(Cc2ccc(Br)cc2)Cc2ccccn2)CN1CCc1ccccc1. The number of benzene rings is 2. The Bertz CT molecular complexity index is 1040. The molecule has 3 aromatic rings. The average molecular weight is 492 g/mol. The number of pyridine rings is 1. The molecule has 0 spiro atoms. The molecule has 0 aliphatic carbocycles. The van der Waals surface area contributed by atoms with Gasteiger partial charge in [-0.2, -0.15) is 0 Å². The molecule has 4 rings (SSSR count). The fourth-order valence-electron chi connectivity index (χ4n) is 4.03. The third kappa shape index (κ3) is 5.82. The van der Waals surface area contributed by atoms with Crippen LogP contribution in [0.3, 0.4) is 0 Å². The molecule has 2 heterocycles. The molecule has 0 bridgehead atoms. The van der Waals surface area contributed by atoms with Crippen molar-refractivity contribution in [3.05, 3.63) is 100 Å². The van der Waals surface area contributed by atoms with Crippen molar-refractivity contribution in [3.63, 3.8) is 0 Å². The molecule has 1 fully saturated rings. The van der Waals surface area contributed by atoms with Crippen molar-refractivity contribution in [2.75, 3.05) is 13.1 Å². The van der Waals surface area contributed by atoms with Crippen LogP contribution in [0.5, 0.6) is 0 Å². The molecule has 1 atom stereocenters. The Morgan fingerprint density at radius 2 is 1.72 bits per heavy atom. The Morgan fingerprint density at radius 1 is 0.969 bits per heavy atom. The summed E-state index contributed by atoms with van der Waals surface area (Å²) in [5.74, 6) is -0.257. The van der Waals surface area contributed by atoms with Crippen LogP contribution in [0, 0.1) is 5.92 Å². The van der Waals surface area contributed by atoms with Gasteiger partial charge in [0.1, 0.15) is 0 Å². The maximum absolute atomic E-state index is 13.5. The minimum atomic E-state index is -0.322. The Balaban J connectivity index is 1.44. The van der Waals surface area contributed by atoms with Gasteiger partial charge in [0.05, 0.1) is 18.2 Å². The first kappa shape index (κ1) is 22.2. The number of hydrogen-bond acceptors (Lipinski definition) is 3. The van der Waals surface area contributed by atoms with Crippen molar-refractivity contribution in [1.29, 1.82) is 0 Å². The fraction of sp³-hybridized carbons (Fsp3) is 0.269. The zero-order valence-corrected chi connectivity index (χ0v) is 19.4. The number of carbonyl (C=O) groups excluding carboxylic acids is 2. The summed E-state index contributed by atoms with van der Waals surface area (Å²) < 4.78 is 0.999. The summed E-state index contributed by atoms with van der Waals surface area (Å²) in [6.07, 6.45) is 2.80. The molecule has 0 N–H and O–H groups in total. The van der Waals surface area contributed by atoms with Crippen molar-refractivity contribution in [3.8, 4) is 0 Å². The number of nitrogens with zero attached hydrogens (tertiary/aromatic N) is 3. The van der Waals surface area contributed by atoms with Crippen molar-refractivity contribution in [1.82, 2.24) is 14.8 Å². The summed E-state index contributed by atoms with van der Waals surface area (Å²) in [5, 5.41) is 0. The Kier molecular flexibility index (Phi) is 7.32. The summed E-state index contributed by atoms with van der Waals surface area (Å²) in [6, 6.07) is 23.8. The molecule has 0 unspecified atom stereocenters. The molecule has 2 aromatic carbocycles. The zero-order chi connectivity index (χ0) is 22.3. The number of likely N-dealkylation sites (tertiary alicyclic amines) is 1. The molecule has 0 saturated carbocycles. The van der Waals surface area contributed by atoms with E-state index in [0.717, 1.165) is 22.2 Å². The van der Waals surface area contributed by atoms with Gasteiger partial charge in [0.2, 0.25) is 11.8 Å². The smallest absolute Gasteiger partial charge is 0.228 e. The van der Waals surface area contributed by atoms with E-state index >= 15 is 0 Å². The van der Waals surface area contributed by atoms with E-state index in [2.05, 4.69) is 33.0 Å². The number of aromatic nitrogens is 1. The molecular weight excluding hydrogens is 466 g/mol. The third-order valence-corrected chi connectivity index (χ3v) is 6.28. The molecule has 0 radical (unpaired) electrons. The van der Waals surface area contributed by atoms with Crippen LogP contribution >= 0.6 is 15.9 Å². The lowest BCUT2D eigenvalue weighted by Crippen LogP contribution is -2.37. The van der Waals surface area contributed by atoms with Gasteiger partial charge in [-0.15, -0.1) is 0 Å². The van der Waals surface area contributed by atoms with E-state index in [1.165, 1.54) is 5.56 Å². The van der Waals surface area contributed by atoms with Gasteiger partial charge in [-0.05, 0) is 41.8 Å². The highest BCUT2D eigenvalue weighted by Crippen LogP contribution is 2.23. The van der Waals surface area contributed by atoms with Gasteiger partial charge in [-0.3, -0.25) is 14.6 Å². The van der Waals surface area contributed by atoms with Crippen molar-refractivity contribution >= 4 is 27.7 Å². The quantitative estimate of drug-likeness (QED) is 0.467. The molecule has 6 heteroatoms. The first-order chi connectivity index (χ1) is 15.6. The molecule has 1 aromatic heterocycles. The van der Waals surface area contributed by atoms with E-state index in [1.54, 1.807) is 6.20 Å². The molecule has 5 nitrogen and oxygen atoms in total. The highest BCUT2D eigenvalue weighted by Gasteiger charge is 2.36. The molecule has 1 aliphatic heterocycles. The highest BCUT2D eigenvalue weighted by atomic mass is 79.9. The third-order valence-electron chi connectivity index (χ3n) is 5.75. The normalized spacial score (nSPS) is 15.7. The van der Waals surface area contributed by atoms with Crippen LogP contribution in [0.2, 0.25) is 0 Å². The number of rotatable bonds is 8. The molecular formula is C26H26BrN3O2. The van der Waals surface area contributed by atoms with E-state index in [1.807, 2.05) is 70.5 Å². The van der Waals surface area contributed by atoms with Crippen LogP contribution in [0.25, 0.3) is 0 Å². The van der Waals surface area contributed by atoms with Crippen LogP contribution < -0.4 is 0 Å². The summed E-state index contributed by atoms with van der Waals surface area (Å²) in [5.41, 5.74) is 3.08. The lowest BCUT2D eigenvalue weighted by Gasteiger charge is -2.26. The van der Waals surface area contributed by atoms with Crippen LogP contribution in [0.4, 0.5) is 0 Å². The molecule has 32 heavy (non-hydrogen) atoms. The topological polar surface area (TPSA) is 53.5 Å². The largest absolute Gasteiger partial charge is 0.342 e. The van der Waals surface area contributed by atoms with Gasteiger partial charge < -0.3 is 9.80 Å². The van der Waals surface area contributed by atoms with Gasteiger partial charge in [-0.25, -0.2) is 0 Å². The second-order valence-corrected chi connectivity index (χ2v) is 9.03.